The normalized spacial score (nSPS) is 20.1. The van der Waals surface area contributed by atoms with Crippen LogP contribution in [0, 0.1) is 0 Å². The van der Waals surface area contributed by atoms with E-state index in [4.69, 9.17) is 0 Å². The summed E-state index contributed by atoms with van der Waals surface area (Å²) in [6.45, 7) is 2.54. The number of nitrogens with zero attached hydrogens (tertiary/aromatic N) is 3. The molecule has 8 nitrogen and oxygen atoms in total. The van der Waals surface area contributed by atoms with Crippen molar-refractivity contribution in [2.45, 2.75) is 44.9 Å². The van der Waals surface area contributed by atoms with Crippen molar-refractivity contribution in [1.29, 1.82) is 0 Å². The fourth-order valence-electron chi connectivity index (χ4n) is 2.92. The van der Waals surface area contributed by atoms with Gasteiger partial charge < -0.3 is 20.0 Å². The van der Waals surface area contributed by atoms with Crippen molar-refractivity contribution in [3.8, 4) is 0 Å². The van der Waals surface area contributed by atoms with Gasteiger partial charge in [0.15, 0.2) is 5.82 Å². The topological polar surface area (TPSA) is 113 Å². The summed E-state index contributed by atoms with van der Waals surface area (Å²) in [6, 6.07) is 3.15. The van der Waals surface area contributed by atoms with Crippen LogP contribution >= 0.6 is 0 Å². The summed E-state index contributed by atoms with van der Waals surface area (Å²) < 4.78 is 1.91. The van der Waals surface area contributed by atoms with Gasteiger partial charge >= 0.3 is 0 Å². The monoisotopic (exact) mass is 317 g/mol. The number of carbonyl (C=O) groups excluding carboxylic acids is 1. The first-order valence-corrected chi connectivity index (χ1v) is 7.65. The smallest absolute Gasteiger partial charge is 0.260 e. The van der Waals surface area contributed by atoms with Crippen molar-refractivity contribution in [2.75, 3.05) is 0 Å². The van der Waals surface area contributed by atoms with Crippen LogP contribution < -0.4 is 10.9 Å². The Morgan fingerprint density at radius 3 is 2.91 bits per heavy atom. The van der Waals surface area contributed by atoms with Crippen LogP contribution in [0.5, 0.6) is 0 Å². The Balaban J connectivity index is 1.62. The van der Waals surface area contributed by atoms with Gasteiger partial charge in [-0.2, -0.15) is 0 Å². The van der Waals surface area contributed by atoms with E-state index in [9.17, 15) is 14.7 Å². The van der Waals surface area contributed by atoms with Gasteiger partial charge in [0.25, 0.3) is 11.5 Å². The van der Waals surface area contributed by atoms with Gasteiger partial charge in [-0.15, -0.1) is 10.2 Å². The fraction of sp³-hybridized carbons (Fsp3) is 0.467. The van der Waals surface area contributed by atoms with Gasteiger partial charge in [-0.25, -0.2) is 0 Å². The molecule has 0 radical (unpaired) electrons. The average molecular weight is 317 g/mol. The van der Waals surface area contributed by atoms with Crippen LogP contribution in [0.4, 0.5) is 0 Å². The van der Waals surface area contributed by atoms with E-state index in [-0.39, 0.29) is 35.6 Å². The van der Waals surface area contributed by atoms with E-state index in [1.54, 1.807) is 6.07 Å². The molecule has 3 N–H and O–H groups in total. The molecule has 23 heavy (non-hydrogen) atoms. The molecule has 1 aliphatic rings. The average Bonchev–Trinajstić information content (AvgIpc) is 2.93. The second kappa shape index (κ2) is 6.33. The van der Waals surface area contributed by atoms with E-state index in [0.717, 1.165) is 18.7 Å². The lowest BCUT2D eigenvalue weighted by Crippen LogP contribution is -2.45. The molecule has 1 saturated carbocycles. The number of amides is 1. The molecule has 0 aromatic carbocycles. The van der Waals surface area contributed by atoms with Crippen LogP contribution in [0.15, 0.2) is 23.1 Å². The lowest BCUT2D eigenvalue weighted by atomic mass is 9.79. The predicted octanol–water partition coefficient (Wildman–Crippen LogP) is 0.155. The fourth-order valence-corrected chi connectivity index (χ4v) is 2.92. The molecule has 0 spiro atoms. The molecule has 0 atom stereocenters. The first-order chi connectivity index (χ1) is 11.1. The Hall–Kier alpha value is -2.48. The quantitative estimate of drug-likeness (QED) is 0.727. The Labute approximate surface area is 132 Å². The molecular formula is C15H19N5O3. The number of hydrogen-bond acceptors (Lipinski definition) is 5. The highest BCUT2D eigenvalue weighted by Gasteiger charge is 2.35. The minimum atomic E-state index is -0.390. The number of pyridine rings is 1. The number of aromatic nitrogens is 4. The van der Waals surface area contributed by atoms with Crippen molar-refractivity contribution < 1.29 is 9.90 Å². The molecular weight excluding hydrogens is 298 g/mol. The molecule has 2 aromatic heterocycles. The Morgan fingerprint density at radius 1 is 1.48 bits per heavy atom. The summed E-state index contributed by atoms with van der Waals surface area (Å²) in [4.78, 5) is 26.2. The Kier molecular flexibility index (Phi) is 4.24. The zero-order valence-corrected chi connectivity index (χ0v) is 12.8. The molecule has 0 aliphatic heterocycles. The van der Waals surface area contributed by atoms with E-state index < -0.39 is 0 Å². The van der Waals surface area contributed by atoms with E-state index in [0.29, 0.717) is 12.4 Å². The van der Waals surface area contributed by atoms with Gasteiger partial charge in [0.1, 0.15) is 18.0 Å². The van der Waals surface area contributed by atoms with Crippen LogP contribution in [0.25, 0.3) is 0 Å². The van der Waals surface area contributed by atoms with E-state index in [2.05, 4.69) is 20.5 Å². The highest BCUT2D eigenvalue weighted by atomic mass is 16.3. The molecule has 1 fully saturated rings. The van der Waals surface area contributed by atoms with Crippen LogP contribution in [0.2, 0.25) is 0 Å². The minimum absolute atomic E-state index is 0.0201. The number of carbonyl (C=O) groups is 1. The zero-order chi connectivity index (χ0) is 16.4. The third-order valence-corrected chi connectivity index (χ3v) is 4.21. The molecule has 2 heterocycles. The molecule has 8 heteroatoms. The highest BCUT2D eigenvalue weighted by molar-refractivity contribution is 5.94. The van der Waals surface area contributed by atoms with Crippen molar-refractivity contribution >= 4 is 5.91 Å². The second-order valence-electron chi connectivity index (χ2n) is 5.63. The van der Waals surface area contributed by atoms with Gasteiger partial charge in [0.2, 0.25) is 0 Å². The SMILES string of the molecule is CCn1c(CO)nnc1C1CC(NC(=O)c2ccc[nH]c2=O)C1. The number of aliphatic hydroxyl groups excluding tert-OH is 1. The maximum absolute atomic E-state index is 12.1. The lowest BCUT2D eigenvalue weighted by Gasteiger charge is -2.35. The summed E-state index contributed by atoms with van der Waals surface area (Å²) in [6.07, 6.45) is 2.99. The molecule has 1 amide bonds. The van der Waals surface area contributed by atoms with Crippen LogP contribution in [-0.2, 0) is 13.2 Å². The van der Waals surface area contributed by atoms with E-state index >= 15 is 0 Å². The van der Waals surface area contributed by atoms with Crippen molar-refractivity contribution in [2.24, 2.45) is 0 Å². The van der Waals surface area contributed by atoms with Gasteiger partial charge in [0.05, 0.1) is 0 Å². The third-order valence-electron chi connectivity index (χ3n) is 4.21. The zero-order valence-electron chi connectivity index (χ0n) is 12.8. The molecule has 122 valence electrons. The standard InChI is InChI=1S/C15H19N5O3/c1-2-20-12(8-21)18-19-13(20)9-6-10(7-9)17-15(23)11-4-3-5-16-14(11)22/h3-5,9-10,21H,2,6-8H2,1H3,(H,16,22)(H,17,23). The number of nitrogens with one attached hydrogen (secondary N) is 2. The second-order valence-corrected chi connectivity index (χ2v) is 5.63. The van der Waals surface area contributed by atoms with Crippen LogP contribution in [0.3, 0.4) is 0 Å². The molecule has 3 rings (SSSR count). The molecule has 2 aromatic rings. The first-order valence-electron chi connectivity index (χ1n) is 7.65. The minimum Gasteiger partial charge on any atom is -0.388 e. The third kappa shape index (κ3) is 2.89. The Morgan fingerprint density at radius 2 is 2.26 bits per heavy atom. The summed E-state index contributed by atoms with van der Waals surface area (Å²) in [5.41, 5.74) is -0.269. The summed E-state index contributed by atoms with van der Waals surface area (Å²) in [7, 11) is 0. The Bertz CT molecular complexity index is 760. The molecule has 0 saturated heterocycles. The first kappa shape index (κ1) is 15.4. The van der Waals surface area contributed by atoms with Gasteiger partial charge in [0, 0.05) is 24.7 Å². The van der Waals surface area contributed by atoms with Crippen molar-refractivity contribution in [1.82, 2.24) is 25.1 Å². The predicted molar refractivity (Wildman–Crippen MR) is 81.9 cm³/mol. The van der Waals surface area contributed by atoms with Crippen molar-refractivity contribution in [3.05, 3.63) is 45.9 Å². The maximum atomic E-state index is 12.1. The number of hydrogen-bond donors (Lipinski definition) is 3. The molecule has 0 bridgehead atoms. The van der Waals surface area contributed by atoms with Crippen molar-refractivity contribution in [3.63, 3.8) is 0 Å². The largest absolute Gasteiger partial charge is 0.388 e. The number of aliphatic hydroxyl groups is 1. The highest BCUT2D eigenvalue weighted by Crippen LogP contribution is 2.36. The van der Waals surface area contributed by atoms with Gasteiger partial charge in [-0.3, -0.25) is 9.59 Å². The van der Waals surface area contributed by atoms with E-state index in [1.165, 1.54) is 12.3 Å². The van der Waals surface area contributed by atoms with E-state index in [1.807, 2.05) is 11.5 Å². The summed E-state index contributed by atoms with van der Waals surface area (Å²) in [5.74, 6) is 1.26. The number of aromatic amines is 1. The van der Waals surface area contributed by atoms with Gasteiger partial charge in [-0.1, -0.05) is 0 Å². The molecule has 0 unspecified atom stereocenters. The summed E-state index contributed by atoms with van der Waals surface area (Å²) in [5, 5.41) is 20.2. The summed E-state index contributed by atoms with van der Waals surface area (Å²) >= 11 is 0. The van der Waals surface area contributed by atoms with Gasteiger partial charge in [-0.05, 0) is 31.9 Å². The number of H-pyrrole nitrogens is 1. The van der Waals surface area contributed by atoms with Crippen LogP contribution in [0.1, 0.15) is 47.7 Å². The maximum Gasteiger partial charge on any atom is 0.260 e. The molecule has 1 aliphatic carbocycles. The lowest BCUT2D eigenvalue weighted by molar-refractivity contribution is 0.0905. The number of rotatable bonds is 5. The van der Waals surface area contributed by atoms with Crippen LogP contribution in [-0.4, -0.2) is 36.8 Å².